The predicted molar refractivity (Wildman–Crippen MR) is 124 cm³/mol. The van der Waals surface area contributed by atoms with E-state index in [0.717, 1.165) is 25.0 Å². The highest BCUT2D eigenvalue weighted by molar-refractivity contribution is 5.22. The van der Waals surface area contributed by atoms with Crippen LogP contribution in [0.15, 0.2) is 48.8 Å². The van der Waals surface area contributed by atoms with Crippen LogP contribution in [0.1, 0.15) is 42.4 Å². The topological polar surface area (TPSA) is 22.6 Å². The number of rotatable bonds is 7. The maximum absolute atomic E-state index is 4.19. The van der Waals surface area contributed by atoms with Crippen LogP contribution in [-0.4, -0.2) is 65.5 Å². The van der Waals surface area contributed by atoms with Gasteiger partial charge in [-0.15, -0.1) is 0 Å². The van der Waals surface area contributed by atoms with Crippen LogP contribution in [0, 0.1) is 12.8 Å². The molecule has 0 radical (unpaired) electrons. The zero-order valence-electron chi connectivity index (χ0n) is 18.8. The lowest BCUT2D eigenvalue weighted by atomic mass is 9.92. The normalized spacial score (nSPS) is 20.1. The minimum atomic E-state index is 0.805. The molecule has 1 aromatic heterocycles. The van der Waals surface area contributed by atoms with Gasteiger partial charge >= 0.3 is 0 Å². The summed E-state index contributed by atoms with van der Waals surface area (Å²) in [5.74, 6) is 0.805. The summed E-state index contributed by atoms with van der Waals surface area (Å²) in [5.41, 5.74) is 4.14. The quantitative estimate of drug-likeness (QED) is 0.687. The maximum atomic E-state index is 4.19. The molecule has 0 N–H and O–H groups in total. The van der Waals surface area contributed by atoms with Gasteiger partial charge in [-0.3, -0.25) is 9.88 Å². The summed E-state index contributed by atoms with van der Waals surface area (Å²) >= 11 is 0. The first-order valence-corrected chi connectivity index (χ1v) is 11.7. The van der Waals surface area contributed by atoms with Crippen LogP contribution in [0.5, 0.6) is 0 Å². The van der Waals surface area contributed by atoms with E-state index in [1.165, 1.54) is 75.1 Å². The summed E-state index contributed by atoms with van der Waals surface area (Å²) in [6.07, 6.45) is 9.21. The number of nitrogens with zero attached hydrogens (tertiary/aromatic N) is 4. The second kappa shape index (κ2) is 10.5. The molecular weight excluding hydrogens is 368 g/mol. The zero-order valence-corrected chi connectivity index (χ0v) is 18.8. The predicted octanol–water partition coefficient (Wildman–Crippen LogP) is 4.20. The Morgan fingerprint density at radius 1 is 0.900 bits per heavy atom. The fraction of sp³-hybridized carbons (Fsp3) is 0.577. The van der Waals surface area contributed by atoms with Crippen LogP contribution < -0.4 is 0 Å². The molecule has 2 aliphatic rings. The van der Waals surface area contributed by atoms with E-state index in [-0.39, 0.29) is 0 Å². The van der Waals surface area contributed by atoms with Gasteiger partial charge in [0.15, 0.2) is 0 Å². The molecule has 2 aliphatic heterocycles. The SMILES string of the molecule is Cc1cccc(CN(Cc2ccncc2)CC2CCN(C3CCN(C)CC3)CC2)c1. The van der Waals surface area contributed by atoms with E-state index in [1.807, 2.05) is 12.4 Å². The highest BCUT2D eigenvalue weighted by Crippen LogP contribution is 2.25. The van der Waals surface area contributed by atoms with E-state index in [9.17, 15) is 0 Å². The van der Waals surface area contributed by atoms with Crippen molar-refractivity contribution in [2.75, 3.05) is 39.8 Å². The van der Waals surface area contributed by atoms with Crippen molar-refractivity contribution in [1.82, 2.24) is 19.7 Å². The summed E-state index contributed by atoms with van der Waals surface area (Å²) in [7, 11) is 2.26. The molecule has 2 saturated heterocycles. The van der Waals surface area contributed by atoms with E-state index in [2.05, 4.69) is 70.1 Å². The number of pyridine rings is 1. The monoisotopic (exact) mass is 406 g/mol. The Balaban J connectivity index is 1.34. The zero-order chi connectivity index (χ0) is 20.8. The number of hydrogen-bond acceptors (Lipinski definition) is 4. The van der Waals surface area contributed by atoms with Crippen molar-refractivity contribution in [2.24, 2.45) is 5.92 Å². The highest BCUT2D eigenvalue weighted by Gasteiger charge is 2.28. The minimum Gasteiger partial charge on any atom is -0.306 e. The first kappa shape index (κ1) is 21.5. The Bertz CT molecular complexity index is 762. The molecule has 0 spiro atoms. The lowest BCUT2D eigenvalue weighted by molar-refractivity contribution is 0.0728. The highest BCUT2D eigenvalue weighted by atomic mass is 15.2. The number of aromatic nitrogens is 1. The Hall–Kier alpha value is -1.75. The number of piperidine rings is 2. The van der Waals surface area contributed by atoms with Crippen molar-refractivity contribution in [3.05, 3.63) is 65.5 Å². The molecule has 3 heterocycles. The summed E-state index contributed by atoms with van der Waals surface area (Å²) in [5, 5.41) is 0. The minimum absolute atomic E-state index is 0.805. The summed E-state index contributed by atoms with van der Waals surface area (Å²) in [4.78, 5) is 12.1. The Labute approximate surface area is 182 Å². The van der Waals surface area contributed by atoms with E-state index in [4.69, 9.17) is 0 Å². The molecule has 4 nitrogen and oxygen atoms in total. The third-order valence-corrected chi connectivity index (χ3v) is 7.01. The first-order chi connectivity index (χ1) is 14.7. The van der Waals surface area contributed by atoms with Gasteiger partial charge in [0.1, 0.15) is 0 Å². The van der Waals surface area contributed by atoms with Gasteiger partial charge in [0, 0.05) is 38.1 Å². The van der Waals surface area contributed by atoms with E-state index < -0.39 is 0 Å². The van der Waals surface area contributed by atoms with Crippen LogP contribution >= 0.6 is 0 Å². The Morgan fingerprint density at radius 2 is 1.60 bits per heavy atom. The fourth-order valence-electron chi connectivity index (χ4n) is 5.23. The van der Waals surface area contributed by atoms with Crippen molar-refractivity contribution in [3.8, 4) is 0 Å². The second-order valence-corrected chi connectivity index (χ2v) is 9.53. The van der Waals surface area contributed by atoms with Crippen LogP contribution in [0.25, 0.3) is 0 Å². The molecule has 4 heteroatoms. The average Bonchev–Trinajstić information content (AvgIpc) is 2.76. The van der Waals surface area contributed by atoms with Gasteiger partial charge in [0.2, 0.25) is 0 Å². The average molecular weight is 407 g/mol. The molecule has 0 bridgehead atoms. The second-order valence-electron chi connectivity index (χ2n) is 9.53. The largest absolute Gasteiger partial charge is 0.306 e. The molecule has 0 saturated carbocycles. The van der Waals surface area contributed by atoms with Crippen LogP contribution in [-0.2, 0) is 13.1 Å². The lowest BCUT2D eigenvalue weighted by Crippen LogP contribution is -2.47. The first-order valence-electron chi connectivity index (χ1n) is 11.7. The number of likely N-dealkylation sites (tertiary alicyclic amines) is 2. The van der Waals surface area contributed by atoms with Crippen molar-refractivity contribution >= 4 is 0 Å². The number of aryl methyl sites for hydroxylation is 1. The fourth-order valence-corrected chi connectivity index (χ4v) is 5.23. The number of hydrogen-bond donors (Lipinski definition) is 0. The molecule has 1 aromatic carbocycles. The van der Waals surface area contributed by atoms with Crippen molar-refractivity contribution in [1.29, 1.82) is 0 Å². The van der Waals surface area contributed by atoms with E-state index in [1.54, 1.807) is 0 Å². The van der Waals surface area contributed by atoms with Gasteiger partial charge in [0.05, 0.1) is 0 Å². The summed E-state index contributed by atoms with van der Waals surface area (Å²) in [6.45, 7) is 10.5. The van der Waals surface area contributed by atoms with Gasteiger partial charge < -0.3 is 9.80 Å². The van der Waals surface area contributed by atoms with Gasteiger partial charge in [-0.05, 0) is 95.0 Å². The molecule has 2 fully saturated rings. The molecule has 2 aromatic rings. The third kappa shape index (κ3) is 6.13. The summed E-state index contributed by atoms with van der Waals surface area (Å²) in [6, 6.07) is 14.1. The standard InChI is InChI=1S/C26H38N4/c1-22-4-3-5-25(18-22)21-29(19-23-6-12-27-13-7-23)20-24-8-16-30(17-9-24)26-10-14-28(2)15-11-26/h3-7,12-13,18,24,26H,8-11,14-17,19-21H2,1-2H3. The Morgan fingerprint density at radius 3 is 2.30 bits per heavy atom. The van der Waals surface area contributed by atoms with E-state index in [0.29, 0.717) is 0 Å². The maximum Gasteiger partial charge on any atom is 0.0271 e. The lowest BCUT2D eigenvalue weighted by Gasteiger charge is -2.42. The van der Waals surface area contributed by atoms with E-state index >= 15 is 0 Å². The van der Waals surface area contributed by atoms with Gasteiger partial charge in [-0.2, -0.15) is 0 Å². The molecule has 0 unspecified atom stereocenters. The molecule has 0 aliphatic carbocycles. The third-order valence-electron chi connectivity index (χ3n) is 7.01. The van der Waals surface area contributed by atoms with Crippen LogP contribution in [0.4, 0.5) is 0 Å². The molecule has 30 heavy (non-hydrogen) atoms. The van der Waals surface area contributed by atoms with Crippen LogP contribution in [0.3, 0.4) is 0 Å². The van der Waals surface area contributed by atoms with Gasteiger partial charge in [-0.1, -0.05) is 29.8 Å². The van der Waals surface area contributed by atoms with Crippen molar-refractivity contribution in [2.45, 2.75) is 51.7 Å². The van der Waals surface area contributed by atoms with Gasteiger partial charge in [0.25, 0.3) is 0 Å². The van der Waals surface area contributed by atoms with Gasteiger partial charge in [-0.25, -0.2) is 0 Å². The number of benzene rings is 1. The van der Waals surface area contributed by atoms with Crippen LogP contribution in [0.2, 0.25) is 0 Å². The smallest absolute Gasteiger partial charge is 0.0271 e. The molecule has 162 valence electrons. The van der Waals surface area contributed by atoms with Crippen molar-refractivity contribution in [3.63, 3.8) is 0 Å². The molecule has 0 atom stereocenters. The molecule has 0 amide bonds. The Kier molecular flexibility index (Phi) is 7.53. The molecule has 4 rings (SSSR count). The van der Waals surface area contributed by atoms with Crippen molar-refractivity contribution < 1.29 is 0 Å². The molecular formula is C26H38N4. The summed E-state index contributed by atoms with van der Waals surface area (Å²) < 4.78 is 0.